The number of rotatable bonds is 7. The van der Waals surface area contributed by atoms with Crippen LogP contribution in [0.2, 0.25) is 0 Å². The predicted molar refractivity (Wildman–Crippen MR) is 122 cm³/mol. The van der Waals surface area contributed by atoms with Gasteiger partial charge in [0.25, 0.3) is 5.56 Å². The SMILES string of the molecule is Cc1ccc(C(CCc2ccccc2)NS(=O)(=O)c2cnc3[nH]c(=O)[nH]c(=O)c3c2)cc1F. The second-order valence-corrected chi connectivity index (χ2v) is 9.40. The normalized spacial score (nSPS) is 12.7. The van der Waals surface area contributed by atoms with Crippen LogP contribution in [0.3, 0.4) is 0 Å². The number of aromatic amines is 2. The number of aromatic nitrogens is 3. The molecule has 10 heteroatoms. The second kappa shape index (κ2) is 9.08. The molecule has 2 aromatic carbocycles. The van der Waals surface area contributed by atoms with E-state index in [1.54, 1.807) is 19.1 Å². The molecule has 0 bridgehead atoms. The Morgan fingerprint density at radius 3 is 2.55 bits per heavy atom. The van der Waals surface area contributed by atoms with Gasteiger partial charge in [0.15, 0.2) is 0 Å². The molecular formula is C23H21FN4O4S. The second-order valence-electron chi connectivity index (χ2n) is 7.68. The number of sulfonamides is 1. The third-order valence-electron chi connectivity index (χ3n) is 5.34. The number of pyridine rings is 1. The van der Waals surface area contributed by atoms with Crippen molar-refractivity contribution in [1.29, 1.82) is 0 Å². The summed E-state index contributed by atoms with van der Waals surface area (Å²) < 4.78 is 43.2. The summed E-state index contributed by atoms with van der Waals surface area (Å²) in [4.78, 5) is 31.6. The summed E-state index contributed by atoms with van der Waals surface area (Å²) in [7, 11) is -4.13. The fourth-order valence-corrected chi connectivity index (χ4v) is 4.73. The quantitative estimate of drug-likeness (QED) is 0.385. The minimum atomic E-state index is -4.13. The molecule has 2 heterocycles. The van der Waals surface area contributed by atoms with Gasteiger partial charge in [-0.25, -0.2) is 27.3 Å². The lowest BCUT2D eigenvalue weighted by Crippen LogP contribution is -2.30. The highest BCUT2D eigenvalue weighted by Gasteiger charge is 2.23. The van der Waals surface area contributed by atoms with Crippen LogP contribution in [0.5, 0.6) is 0 Å². The maximum atomic E-state index is 14.3. The summed E-state index contributed by atoms with van der Waals surface area (Å²) in [5.41, 5.74) is 0.431. The topological polar surface area (TPSA) is 125 Å². The van der Waals surface area contributed by atoms with E-state index in [2.05, 4.69) is 14.7 Å². The molecule has 0 radical (unpaired) electrons. The smallest absolute Gasteiger partial charge is 0.291 e. The Hall–Kier alpha value is -3.63. The first-order valence-electron chi connectivity index (χ1n) is 10.2. The van der Waals surface area contributed by atoms with Crippen molar-refractivity contribution in [2.24, 2.45) is 0 Å². The van der Waals surface area contributed by atoms with E-state index < -0.39 is 33.1 Å². The van der Waals surface area contributed by atoms with Crippen molar-refractivity contribution in [3.05, 3.63) is 104 Å². The molecule has 3 N–H and O–H groups in total. The van der Waals surface area contributed by atoms with Crippen molar-refractivity contribution in [2.75, 3.05) is 0 Å². The summed E-state index contributed by atoms with van der Waals surface area (Å²) >= 11 is 0. The zero-order valence-corrected chi connectivity index (χ0v) is 18.4. The number of fused-ring (bicyclic) bond motifs is 1. The van der Waals surface area contributed by atoms with E-state index in [0.29, 0.717) is 24.0 Å². The molecule has 1 unspecified atom stereocenters. The lowest BCUT2D eigenvalue weighted by Gasteiger charge is -2.20. The van der Waals surface area contributed by atoms with Gasteiger partial charge in [-0.15, -0.1) is 0 Å². The first-order valence-corrected chi connectivity index (χ1v) is 11.7. The van der Waals surface area contributed by atoms with Gasteiger partial charge in [-0.05, 0) is 48.6 Å². The zero-order chi connectivity index (χ0) is 23.6. The maximum Gasteiger partial charge on any atom is 0.327 e. The summed E-state index contributed by atoms with van der Waals surface area (Å²) in [5, 5.41) is -0.0697. The molecule has 0 aliphatic carbocycles. The van der Waals surface area contributed by atoms with Gasteiger partial charge in [0, 0.05) is 12.2 Å². The highest BCUT2D eigenvalue weighted by molar-refractivity contribution is 7.89. The Labute approximate surface area is 188 Å². The van der Waals surface area contributed by atoms with Crippen LogP contribution in [0, 0.1) is 12.7 Å². The van der Waals surface area contributed by atoms with Crippen LogP contribution in [-0.2, 0) is 16.4 Å². The molecule has 0 saturated carbocycles. The molecule has 8 nitrogen and oxygen atoms in total. The zero-order valence-electron chi connectivity index (χ0n) is 17.6. The lowest BCUT2D eigenvalue weighted by molar-refractivity contribution is 0.535. The van der Waals surface area contributed by atoms with E-state index in [9.17, 15) is 22.4 Å². The molecule has 0 amide bonds. The van der Waals surface area contributed by atoms with Gasteiger partial charge in [-0.1, -0.05) is 42.5 Å². The summed E-state index contributed by atoms with van der Waals surface area (Å²) in [5.74, 6) is -0.431. The Morgan fingerprint density at radius 2 is 1.82 bits per heavy atom. The van der Waals surface area contributed by atoms with Crippen molar-refractivity contribution in [2.45, 2.75) is 30.7 Å². The number of nitrogens with one attached hydrogen (secondary N) is 3. The molecule has 0 saturated heterocycles. The van der Waals surface area contributed by atoms with Gasteiger partial charge in [0.2, 0.25) is 10.0 Å². The monoisotopic (exact) mass is 468 g/mol. The summed E-state index contributed by atoms with van der Waals surface area (Å²) in [6.07, 6.45) is 1.99. The van der Waals surface area contributed by atoms with E-state index in [4.69, 9.17) is 0 Å². The van der Waals surface area contributed by atoms with Crippen LogP contribution in [0.15, 0.2) is 75.3 Å². The molecule has 0 fully saturated rings. The van der Waals surface area contributed by atoms with Gasteiger partial charge in [0.05, 0.1) is 5.39 Å². The highest BCUT2D eigenvalue weighted by atomic mass is 32.2. The number of H-pyrrole nitrogens is 2. The Morgan fingerprint density at radius 1 is 1.06 bits per heavy atom. The van der Waals surface area contributed by atoms with Crippen LogP contribution >= 0.6 is 0 Å². The standard InChI is InChI=1S/C23H21FN4O4S/c1-14-7-9-16(11-19(14)24)20(10-8-15-5-3-2-4-6-15)28-33(31,32)17-12-18-21(25-13-17)26-23(30)27-22(18)29/h2-7,9,11-13,20,28H,8,10H2,1H3,(H2,25,26,27,29,30). The van der Waals surface area contributed by atoms with Crippen LogP contribution < -0.4 is 16.0 Å². The first-order chi connectivity index (χ1) is 15.7. The Kier molecular flexibility index (Phi) is 6.21. The van der Waals surface area contributed by atoms with Crippen molar-refractivity contribution in [3.63, 3.8) is 0 Å². The van der Waals surface area contributed by atoms with Crippen LogP contribution in [-0.4, -0.2) is 23.4 Å². The molecule has 0 aliphatic rings. The van der Waals surface area contributed by atoms with E-state index in [0.717, 1.165) is 17.8 Å². The van der Waals surface area contributed by atoms with Gasteiger partial charge in [0.1, 0.15) is 16.4 Å². The van der Waals surface area contributed by atoms with Crippen molar-refractivity contribution >= 4 is 21.1 Å². The summed E-state index contributed by atoms with van der Waals surface area (Å²) in [6.45, 7) is 1.63. The predicted octanol–water partition coefficient (Wildman–Crippen LogP) is 2.71. The maximum absolute atomic E-state index is 14.3. The van der Waals surface area contributed by atoms with Gasteiger partial charge in [-0.3, -0.25) is 14.8 Å². The van der Waals surface area contributed by atoms with E-state index in [1.807, 2.05) is 35.3 Å². The number of halogens is 1. The largest absolute Gasteiger partial charge is 0.327 e. The van der Waals surface area contributed by atoms with Gasteiger partial charge >= 0.3 is 5.69 Å². The third kappa shape index (κ3) is 5.07. The van der Waals surface area contributed by atoms with Crippen LogP contribution in [0.4, 0.5) is 4.39 Å². The van der Waals surface area contributed by atoms with Crippen molar-refractivity contribution < 1.29 is 12.8 Å². The van der Waals surface area contributed by atoms with Crippen molar-refractivity contribution in [3.8, 4) is 0 Å². The van der Waals surface area contributed by atoms with Crippen LogP contribution in [0.25, 0.3) is 11.0 Å². The number of hydrogen-bond donors (Lipinski definition) is 3. The Balaban J connectivity index is 1.69. The fourth-order valence-electron chi connectivity index (χ4n) is 3.50. The lowest BCUT2D eigenvalue weighted by atomic mass is 9.99. The molecule has 0 spiro atoms. The first kappa shape index (κ1) is 22.6. The van der Waals surface area contributed by atoms with Crippen LogP contribution in [0.1, 0.15) is 29.2 Å². The molecule has 4 rings (SSSR count). The number of hydrogen-bond acceptors (Lipinski definition) is 5. The Bertz CT molecular complexity index is 1530. The fraction of sp³-hybridized carbons (Fsp3) is 0.174. The number of benzene rings is 2. The minimum absolute atomic E-state index is 0.0241. The molecule has 1 atom stereocenters. The molecule has 33 heavy (non-hydrogen) atoms. The molecule has 4 aromatic rings. The summed E-state index contributed by atoms with van der Waals surface area (Å²) in [6, 6.07) is 14.6. The molecule has 0 aliphatic heterocycles. The average Bonchev–Trinajstić information content (AvgIpc) is 2.79. The van der Waals surface area contributed by atoms with E-state index >= 15 is 0 Å². The molecule has 170 valence electrons. The average molecular weight is 469 g/mol. The van der Waals surface area contributed by atoms with Crippen molar-refractivity contribution in [1.82, 2.24) is 19.7 Å². The molecular weight excluding hydrogens is 447 g/mol. The minimum Gasteiger partial charge on any atom is -0.291 e. The van der Waals surface area contributed by atoms with E-state index in [1.165, 1.54) is 6.07 Å². The third-order valence-corrected chi connectivity index (χ3v) is 6.78. The number of nitrogens with zero attached hydrogens (tertiary/aromatic N) is 1. The molecule has 2 aromatic heterocycles. The van der Waals surface area contributed by atoms with Gasteiger partial charge in [-0.2, -0.15) is 0 Å². The van der Waals surface area contributed by atoms with E-state index in [-0.39, 0.29) is 15.9 Å². The number of aryl methyl sites for hydroxylation is 2. The van der Waals surface area contributed by atoms with Gasteiger partial charge < -0.3 is 0 Å². The highest BCUT2D eigenvalue weighted by Crippen LogP contribution is 2.24.